The van der Waals surface area contributed by atoms with E-state index in [9.17, 15) is 0 Å². The average molecular weight is 302 g/mol. The first-order valence-corrected chi connectivity index (χ1v) is 6.49. The topological polar surface area (TPSA) is 40.7 Å². The Balaban J connectivity index is 1.92. The lowest BCUT2D eigenvalue weighted by atomic mass is 10.2. The predicted octanol–water partition coefficient (Wildman–Crippen LogP) is 4.38. The summed E-state index contributed by atoms with van der Waals surface area (Å²) in [5.74, 6) is 0.849. The SMILES string of the molecule is Cc1nc(Nc2ccc3cc[nH]c3c2)ccc1Br. The van der Waals surface area contributed by atoms with E-state index in [0.717, 1.165) is 27.2 Å². The summed E-state index contributed by atoms with van der Waals surface area (Å²) in [6.45, 7) is 1.98. The van der Waals surface area contributed by atoms with Crippen molar-refractivity contribution in [2.24, 2.45) is 0 Å². The van der Waals surface area contributed by atoms with Crippen LogP contribution in [0.4, 0.5) is 11.5 Å². The average Bonchev–Trinajstić information content (AvgIpc) is 2.81. The summed E-state index contributed by atoms with van der Waals surface area (Å²) in [6.07, 6.45) is 1.94. The second-order valence-corrected chi connectivity index (χ2v) is 5.02. The molecule has 0 saturated heterocycles. The highest BCUT2D eigenvalue weighted by Gasteiger charge is 2.01. The summed E-state index contributed by atoms with van der Waals surface area (Å²) >= 11 is 3.45. The maximum atomic E-state index is 4.47. The molecule has 2 heterocycles. The number of aryl methyl sites for hydroxylation is 1. The van der Waals surface area contributed by atoms with Gasteiger partial charge in [0.05, 0.1) is 5.69 Å². The first-order valence-electron chi connectivity index (χ1n) is 5.70. The molecule has 0 spiro atoms. The van der Waals surface area contributed by atoms with Crippen LogP contribution in [0.1, 0.15) is 5.69 Å². The summed E-state index contributed by atoms with van der Waals surface area (Å²) in [7, 11) is 0. The molecule has 3 aromatic rings. The lowest BCUT2D eigenvalue weighted by Gasteiger charge is -2.07. The van der Waals surface area contributed by atoms with Gasteiger partial charge in [-0.15, -0.1) is 0 Å². The molecule has 2 aromatic heterocycles. The Morgan fingerprint density at radius 2 is 2.06 bits per heavy atom. The minimum Gasteiger partial charge on any atom is -0.361 e. The number of rotatable bonds is 2. The molecule has 0 aliphatic carbocycles. The fourth-order valence-electron chi connectivity index (χ4n) is 1.89. The van der Waals surface area contributed by atoms with Gasteiger partial charge in [0.1, 0.15) is 5.82 Å². The van der Waals surface area contributed by atoms with Crippen LogP contribution in [0.25, 0.3) is 10.9 Å². The van der Waals surface area contributed by atoms with Crippen molar-refractivity contribution in [3.05, 3.63) is 52.8 Å². The number of hydrogen-bond donors (Lipinski definition) is 2. The Kier molecular flexibility index (Phi) is 2.80. The van der Waals surface area contributed by atoms with Crippen LogP contribution in [0.15, 0.2) is 47.1 Å². The van der Waals surface area contributed by atoms with Gasteiger partial charge in [-0.25, -0.2) is 4.98 Å². The van der Waals surface area contributed by atoms with Gasteiger partial charge in [0.25, 0.3) is 0 Å². The molecule has 0 radical (unpaired) electrons. The third-order valence-corrected chi connectivity index (χ3v) is 3.69. The van der Waals surface area contributed by atoms with Gasteiger partial charge in [0.15, 0.2) is 0 Å². The van der Waals surface area contributed by atoms with Crippen molar-refractivity contribution in [2.75, 3.05) is 5.32 Å². The van der Waals surface area contributed by atoms with Crippen LogP contribution in [0.2, 0.25) is 0 Å². The Hall–Kier alpha value is -1.81. The number of benzene rings is 1. The Morgan fingerprint density at radius 1 is 1.17 bits per heavy atom. The summed E-state index contributed by atoms with van der Waals surface area (Å²) in [6, 6.07) is 12.2. The molecule has 0 saturated carbocycles. The third kappa shape index (κ3) is 2.11. The molecule has 0 amide bonds. The molecule has 3 nitrogen and oxygen atoms in total. The number of pyridine rings is 1. The van der Waals surface area contributed by atoms with Crippen LogP contribution in [0.3, 0.4) is 0 Å². The van der Waals surface area contributed by atoms with E-state index in [1.807, 2.05) is 25.3 Å². The second-order valence-electron chi connectivity index (χ2n) is 4.17. The third-order valence-electron chi connectivity index (χ3n) is 2.85. The van der Waals surface area contributed by atoms with Gasteiger partial charge in [0.2, 0.25) is 0 Å². The van der Waals surface area contributed by atoms with E-state index >= 15 is 0 Å². The van der Waals surface area contributed by atoms with E-state index in [1.165, 1.54) is 5.39 Å². The van der Waals surface area contributed by atoms with Crippen LogP contribution in [-0.4, -0.2) is 9.97 Å². The number of anilines is 2. The highest BCUT2D eigenvalue weighted by molar-refractivity contribution is 9.10. The molecule has 0 aliphatic heterocycles. The highest BCUT2D eigenvalue weighted by Crippen LogP contribution is 2.22. The monoisotopic (exact) mass is 301 g/mol. The number of H-pyrrole nitrogens is 1. The number of nitrogens with one attached hydrogen (secondary N) is 2. The van der Waals surface area contributed by atoms with Gasteiger partial charge >= 0.3 is 0 Å². The van der Waals surface area contributed by atoms with Crippen molar-refractivity contribution >= 4 is 38.3 Å². The maximum absolute atomic E-state index is 4.47. The summed E-state index contributed by atoms with van der Waals surface area (Å²) in [5, 5.41) is 4.51. The first kappa shape index (κ1) is 11.3. The van der Waals surface area contributed by atoms with E-state index < -0.39 is 0 Å². The lowest BCUT2D eigenvalue weighted by Crippen LogP contribution is -1.95. The molecule has 0 atom stereocenters. The summed E-state index contributed by atoms with van der Waals surface area (Å²) < 4.78 is 1.02. The number of nitrogens with zero attached hydrogens (tertiary/aromatic N) is 1. The molecular weight excluding hydrogens is 290 g/mol. The quantitative estimate of drug-likeness (QED) is 0.737. The van der Waals surface area contributed by atoms with Crippen LogP contribution in [0.5, 0.6) is 0 Å². The number of halogens is 1. The molecule has 1 aromatic carbocycles. The number of aromatic amines is 1. The van der Waals surface area contributed by atoms with Crippen molar-refractivity contribution in [1.29, 1.82) is 0 Å². The van der Waals surface area contributed by atoms with Gasteiger partial charge < -0.3 is 10.3 Å². The summed E-state index contributed by atoms with van der Waals surface area (Å²) in [5.41, 5.74) is 3.12. The van der Waals surface area contributed by atoms with Gasteiger partial charge in [-0.05, 0) is 58.6 Å². The number of hydrogen-bond acceptors (Lipinski definition) is 2. The minimum atomic E-state index is 0.849. The Morgan fingerprint density at radius 3 is 2.89 bits per heavy atom. The van der Waals surface area contributed by atoms with E-state index in [1.54, 1.807) is 0 Å². The van der Waals surface area contributed by atoms with Crippen molar-refractivity contribution in [2.45, 2.75) is 6.92 Å². The van der Waals surface area contributed by atoms with Crippen molar-refractivity contribution in [1.82, 2.24) is 9.97 Å². The zero-order valence-corrected chi connectivity index (χ0v) is 11.5. The fourth-order valence-corrected chi connectivity index (χ4v) is 2.11. The number of aromatic nitrogens is 2. The van der Waals surface area contributed by atoms with E-state index in [-0.39, 0.29) is 0 Å². The second kappa shape index (κ2) is 4.46. The van der Waals surface area contributed by atoms with Gasteiger partial charge in [0, 0.05) is 21.9 Å². The van der Waals surface area contributed by atoms with Crippen LogP contribution < -0.4 is 5.32 Å². The van der Waals surface area contributed by atoms with Gasteiger partial charge in [-0.3, -0.25) is 0 Å². The predicted molar refractivity (Wildman–Crippen MR) is 78.3 cm³/mol. The molecule has 0 aliphatic rings. The molecule has 4 heteroatoms. The summed E-state index contributed by atoms with van der Waals surface area (Å²) in [4.78, 5) is 7.67. The standard InChI is InChI=1S/C14H12BrN3/c1-9-12(15)4-5-14(17-9)18-11-3-2-10-6-7-16-13(10)8-11/h2-8,16H,1H3,(H,17,18). The molecule has 2 N–H and O–H groups in total. The van der Waals surface area contributed by atoms with E-state index in [2.05, 4.69) is 55.5 Å². The first-order chi connectivity index (χ1) is 8.72. The molecule has 0 bridgehead atoms. The number of fused-ring (bicyclic) bond motifs is 1. The lowest BCUT2D eigenvalue weighted by molar-refractivity contribution is 1.18. The largest absolute Gasteiger partial charge is 0.361 e. The Labute approximate surface area is 113 Å². The normalized spacial score (nSPS) is 10.8. The zero-order valence-electron chi connectivity index (χ0n) is 9.87. The highest BCUT2D eigenvalue weighted by atomic mass is 79.9. The van der Waals surface area contributed by atoms with Crippen LogP contribution >= 0.6 is 15.9 Å². The zero-order chi connectivity index (χ0) is 12.5. The van der Waals surface area contributed by atoms with Crippen molar-refractivity contribution in [3.8, 4) is 0 Å². The van der Waals surface area contributed by atoms with E-state index in [0.29, 0.717) is 0 Å². The van der Waals surface area contributed by atoms with Crippen LogP contribution in [-0.2, 0) is 0 Å². The van der Waals surface area contributed by atoms with Crippen molar-refractivity contribution < 1.29 is 0 Å². The molecule has 18 heavy (non-hydrogen) atoms. The van der Waals surface area contributed by atoms with Crippen molar-refractivity contribution in [3.63, 3.8) is 0 Å². The molecule has 3 rings (SSSR count). The molecule has 0 unspecified atom stereocenters. The van der Waals surface area contributed by atoms with Gasteiger partial charge in [-0.2, -0.15) is 0 Å². The van der Waals surface area contributed by atoms with Crippen LogP contribution in [0, 0.1) is 6.92 Å². The molecule has 90 valence electrons. The molecular formula is C14H12BrN3. The van der Waals surface area contributed by atoms with E-state index in [4.69, 9.17) is 0 Å². The maximum Gasteiger partial charge on any atom is 0.130 e. The molecule has 0 fully saturated rings. The van der Waals surface area contributed by atoms with Gasteiger partial charge in [-0.1, -0.05) is 6.07 Å². The fraction of sp³-hybridized carbons (Fsp3) is 0.0714. The smallest absolute Gasteiger partial charge is 0.130 e. The Bertz CT molecular complexity index is 703. The minimum absolute atomic E-state index is 0.849.